The largest absolute Gasteiger partial charge is 0.444 e. The molecule has 10 heteroatoms. The minimum absolute atomic E-state index is 0.0906. The number of likely N-dealkylation sites (N-methyl/N-ethyl adjacent to an activating group) is 1. The zero-order valence-corrected chi connectivity index (χ0v) is 16.1. The van der Waals surface area contributed by atoms with Gasteiger partial charge in [0.05, 0.1) is 6.54 Å². The topological polar surface area (TPSA) is 69.2 Å². The van der Waals surface area contributed by atoms with Crippen LogP contribution in [0.4, 0.5) is 18.0 Å². The Morgan fingerprint density at radius 2 is 2.00 bits per heavy atom. The summed E-state index contributed by atoms with van der Waals surface area (Å²) < 4.78 is 42.6. The summed E-state index contributed by atoms with van der Waals surface area (Å²) in [5.74, 6) is 0.501. The highest BCUT2D eigenvalue weighted by molar-refractivity contribution is 5.80. The van der Waals surface area contributed by atoms with E-state index in [0.29, 0.717) is 38.6 Å². The van der Waals surface area contributed by atoms with Crippen LogP contribution in [0.3, 0.4) is 0 Å². The van der Waals surface area contributed by atoms with Gasteiger partial charge >= 0.3 is 12.3 Å². The second kappa shape index (κ2) is 9.29. The smallest absolute Gasteiger partial charge is 0.410 e. The average molecular weight is 381 g/mol. The van der Waals surface area contributed by atoms with Crippen LogP contribution in [0, 0.1) is 0 Å². The lowest BCUT2D eigenvalue weighted by molar-refractivity contribution is -0.143. The number of aliphatic imine (C=N–C) groups is 1. The van der Waals surface area contributed by atoms with Crippen molar-refractivity contribution in [2.75, 3.05) is 46.8 Å². The molecule has 1 atom stereocenters. The van der Waals surface area contributed by atoms with Gasteiger partial charge < -0.3 is 20.3 Å². The number of hydrogen-bond donors (Lipinski definition) is 2. The number of nitrogens with zero attached hydrogens (tertiary/aromatic N) is 3. The number of alkyl halides is 3. The molecule has 0 aromatic rings. The minimum atomic E-state index is -4.18. The molecule has 0 saturated carbocycles. The number of nitrogens with one attached hydrogen (secondary N) is 2. The lowest BCUT2D eigenvalue weighted by Crippen LogP contribution is -2.47. The third-order valence-electron chi connectivity index (χ3n) is 3.68. The fourth-order valence-electron chi connectivity index (χ4n) is 2.51. The molecular formula is C16H30F3N5O2. The predicted molar refractivity (Wildman–Crippen MR) is 94.3 cm³/mol. The van der Waals surface area contributed by atoms with E-state index < -0.39 is 24.4 Å². The molecule has 0 aromatic carbocycles. The summed E-state index contributed by atoms with van der Waals surface area (Å²) in [7, 11) is 3.23. The van der Waals surface area contributed by atoms with Gasteiger partial charge in [0.25, 0.3) is 0 Å². The maximum atomic E-state index is 12.4. The summed E-state index contributed by atoms with van der Waals surface area (Å²) in [5.41, 5.74) is -0.554. The Hall–Kier alpha value is -1.71. The van der Waals surface area contributed by atoms with Crippen LogP contribution in [0.5, 0.6) is 0 Å². The Bertz CT molecular complexity index is 491. The second-order valence-electron chi connectivity index (χ2n) is 7.38. The normalized spacial score (nSPS) is 19.4. The van der Waals surface area contributed by atoms with Gasteiger partial charge in [-0.05, 0) is 27.2 Å². The van der Waals surface area contributed by atoms with Gasteiger partial charge in [-0.2, -0.15) is 13.2 Å². The lowest BCUT2D eigenvalue weighted by Gasteiger charge is -2.25. The molecule has 0 aliphatic carbocycles. The van der Waals surface area contributed by atoms with Crippen molar-refractivity contribution < 1.29 is 22.7 Å². The molecule has 1 heterocycles. The maximum Gasteiger partial charge on any atom is 0.410 e. The van der Waals surface area contributed by atoms with E-state index in [1.807, 2.05) is 0 Å². The third-order valence-corrected chi connectivity index (χ3v) is 3.68. The lowest BCUT2D eigenvalue weighted by atomic mass is 10.2. The zero-order valence-electron chi connectivity index (χ0n) is 16.1. The van der Waals surface area contributed by atoms with E-state index in [4.69, 9.17) is 4.74 Å². The highest BCUT2D eigenvalue weighted by Gasteiger charge is 2.34. The van der Waals surface area contributed by atoms with Crippen molar-refractivity contribution in [3.63, 3.8) is 0 Å². The fourth-order valence-corrected chi connectivity index (χ4v) is 2.51. The molecule has 7 nitrogen and oxygen atoms in total. The van der Waals surface area contributed by atoms with Crippen LogP contribution in [0.2, 0.25) is 0 Å². The summed E-state index contributed by atoms with van der Waals surface area (Å²) in [6.07, 6.45) is -3.98. The van der Waals surface area contributed by atoms with Gasteiger partial charge in [-0.15, -0.1) is 0 Å². The van der Waals surface area contributed by atoms with Crippen LogP contribution >= 0.6 is 0 Å². The first-order chi connectivity index (χ1) is 11.9. The Morgan fingerprint density at radius 3 is 2.54 bits per heavy atom. The monoisotopic (exact) mass is 381 g/mol. The van der Waals surface area contributed by atoms with E-state index in [-0.39, 0.29) is 6.04 Å². The number of guanidine groups is 1. The van der Waals surface area contributed by atoms with Gasteiger partial charge in [-0.25, -0.2) is 4.79 Å². The first kappa shape index (κ1) is 22.3. The van der Waals surface area contributed by atoms with Crippen molar-refractivity contribution in [2.45, 2.75) is 45.0 Å². The van der Waals surface area contributed by atoms with Gasteiger partial charge in [-0.1, -0.05) is 0 Å². The molecular weight excluding hydrogens is 351 g/mol. The summed E-state index contributed by atoms with van der Waals surface area (Å²) in [6.45, 7) is 6.06. The summed E-state index contributed by atoms with van der Waals surface area (Å²) >= 11 is 0. The molecule has 26 heavy (non-hydrogen) atoms. The van der Waals surface area contributed by atoms with E-state index >= 15 is 0 Å². The highest BCUT2D eigenvalue weighted by Crippen LogP contribution is 2.19. The van der Waals surface area contributed by atoms with Crippen LogP contribution in [0.1, 0.15) is 27.2 Å². The fraction of sp³-hybridized carbons (Fsp3) is 0.875. The van der Waals surface area contributed by atoms with E-state index in [0.717, 1.165) is 0 Å². The van der Waals surface area contributed by atoms with Gasteiger partial charge in [-0.3, -0.25) is 9.89 Å². The quantitative estimate of drug-likeness (QED) is 0.560. The van der Waals surface area contributed by atoms with Crippen molar-refractivity contribution in [3.8, 4) is 0 Å². The first-order valence-corrected chi connectivity index (χ1v) is 8.60. The average Bonchev–Trinajstić information content (AvgIpc) is 2.89. The molecule has 1 rings (SSSR count). The number of halogens is 3. The number of ether oxygens (including phenoxy) is 1. The number of carbonyl (C=O) groups is 1. The molecule has 1 aliphatic rings. The molecule has 0 bridgehead atoms. The standard InChI is InChI=1S/C16H30F3N5O2/c1-15(2,3)26-14(25)23(5)9-7-21-13(20-4)22-12-6-8-24(10-12)11-16(17,18)19/h12H,6-11H2,1-5H3,(H2,20,21,22). The molecule has 0 spiro atoms. The van der Waals surface area contributed by atoms with Crippen molar-refractivity contribution in [1.82, 2.24) is 20.4 Å². The Balaban J connectivity index is 2.33. The van der Waals surface area contributed by atoms with E-state index in [1.54, 1.807) is 34.9 Å². The molecule has 0 aromatic heterocycles. The molecule has 1 aliphatic heterocycles. The van der Waals surface area contributed by atoms with Crippen LogP contribution < -0.4 is 10.6 Å². The van der Waals surface area contributed by atoms with Crippen molar-refractivity contribution in [3.05, 3.63) is 0 Å². The third kappa shape index (κ3) is 9.12. The molecule has 1 saturated heterocycles. The number of hydrogen-bond acceptors (Lipinski definition) is 4. The molecule has 1 amide bonds. The molecule has 1 unspecified atom stereocenters. The van der Waals surface area contributed by atoms with E-state index in [9.17, 15) is 18.0 Å². The first-order valence-electron chi connectivity index (χ1n) is 8.60. The van der Waals surface area contributed by atoms with Gasteiger partial charge in [0, 0.05) is 46.3 Å². The Morgan fingerprint density at radius 1 is 1.35 bits per heavy atom. The zero-order chi connectivity index (χ0) is 20.0. The molecule has 0 radical (unpaired) electrons. The van der Waals surface area contributed by atoms with Gasteiger partial charge in [0.1, 0.15) is 5.60 Å². The maximum absolute atomic E-state index is 12.4. The van der Waals surface area contributed by atoms with E-state index in [2.05, 4.69) is 15.6 Å². The molecule has 152 valence electrons. The number of likely N-dealkylation sites (tertiary alicyclic amines) is 1. The summed E-state index contributed by atoms with van der Waals surface area (Å²) in [5, 5.41) is 6.17. The van der Waals surface area contributed by atoms with Crippen LogP contribution in [-0.2, 0) is 4.74 Å². The SMILES string of the molecule is CN=C(NCCN(C)C(=O)OC(C)(C)C)NC1CCN(CC(F)(F)F)C1. The number of carbonyl (C=O) groups excluding carboxylic acids is 1. The van der Waals surface area contributed by atoms with Gasteiger partial charge in [0.2, 0.25) is 0 Å². The summed E-state index contributed by atoms with van der Waals surface area (Å²) in [6, 6.07) is -0.0906. The van der Waals surface area contributed by atoms with Crippen LogP contribution in [-0.4, -0.2) is 86.5 Å². The summed E-state index contributed by atoms with van der Waals surface area (Å²) in [4.78, 5) is 18.8. The highest BCUT2D eigenvalue weighted by atomic mass is 19.4. The Labute approximate surface area is 152 Å². The van der Waals surface area contributed by atoms with Crippen LogP contribution in [0.25, 0.3) is 0 Å². The number of rotatable bonds is 5. The minimum Gasteiger partial charge on any atom is -0.444 e. The number of amides is 1. The van der Waals surface area contributed by atoms with E-state index in [1.165, 1.54) is 9.80 Å². The van der Waals surface area contributed by atoms with Crippen molar-refractivity contribution in [1.29, 1.82) is 0 Å². The predicted octanol–water partition coefficient (Wildman–Crippen LogP) is 1.65. The Kier molecular flexibility index (Phi) is 7.98. The van der Waals surface area contributed by atoms with Crippen molar-refractivity contribution in [2.24, 2.45) is 4.99 Å². The van der Waals surface area contributed by atoms with Gasteiger partial charge in [0.15, 0.2) is 5.96 Å². The molecule has 1 fully saturated rings. The molecule has 2 N–H and O–H groups in total. The van der Waals surface area contributed by atoms with Crippen LogP contribution in [0.15, 0.2) is 4.99 Å². The van der Waals surface area contributed by atoms with Crippen molar-refractivity contribution >= 4 is 12.1 Å². The second-order valence-corrected chi connectivity index (χ2v) is 7.38.